The van der Waals surface area contributed by atoms with Gasteiger partial charge in [-0.25, -0.2) is 9.48 Å². The SMILES string of the molecule is CCOc1cc(C2C(C(=O)OC)=C(C)Nc3nc(SCc4ccccc4Cl)nn32)cc(Br)c1OCc1ccc(C)cc1. The molecule has 3 aromatic carbocycles. The Hall–Kier alpha value is -3.47. The molecule has 2 heterocycles. The van der Waals surface area contributed by atoms with Gasteiger partial charge in [0.15, 0.2) is 11.5 Å². The minimum atomic E-state index is -0.627. The van der Waals surface area contributed by atoms with Gasteiger partial charge in [0.25, 0.3) is 0 Å². The van der Waals surface area contributed by atoms with E-state index >= 15 is 0 Å². The van der Waals surface area contributed by atoms with E-state index < -0.39 is 12.0 Å². The number of rotatable bonds is 10. The van der Waals surface area contributed by atoms with Crippen molar-refractivity contribution in [2.75, 3.05) is 19.0 Å². The molecule has 1 aromatic heterocycles. The van der Waals surface area contributed by atoms with Gasteiger partial charge in [0.1, 0.15) is 12.6 Å². The monoisotopic (exact) mass is 668 g/mol. The molecule has 1 unspecified atom stereocenters. The van der Waals surface area contributed by atoms with E-state index in [1.54, 1.807) is 4.68 Å². The summed E-state index contributed by atoms with van der Waals surface area (Å²) in [5.74, 6) is 1.76. The average Bonchev–Trinajstić information content (AvgIpc) is 3.38. The van der Waals surface area contributed by atoms with Crippen molar-refractivity contribution in [1.82, 2.24) is 14.8 Å². The van der Waals surface area contributed by atoms with Crippen molar-refractivity contribution < 1.29 is 19.0 Å². The second kappa shape index (κ2) is 13.2. The highest BCUT2D eigenvalue weighted by atomic mass is 79.9. The first-order valence-corrected chi connectivity index (χ1v) is 15.5. The van der Waals surface area contributed by atoms with Gasteiger partial charge in [-0.05, 0) is 71.6 Å². The highest BCUT2D eigenvalue weighted by Gasteiger charge is 2.36. The molecule has 0 bridgehead atoms. The molecular formula is C31H30BrClN4O4S. The highest BCUT2D eigenvalue weighted by Crippen LogP contribution is 2.44. The summed E-state index contributed by atoms with van der Waals surface area (Å²) in [4.78, 5) is 17.8. The number of anilines is 1. The minimum absolute atomic E-state index is 0.372. The maximum atomic E-state index is 13.1. The molecule has 11 heteroatoms. The number of hydrogen-bond acceptors (Lipinski definition) is 8. The van der Waals surface area contributed by atoms with Crippen LogP contribution < -0.4 is 14.8 Å². The van der Waals surface area contributed by atoms with Gasteiger partial charge in [0.2, 0.25) is 11.1 Å². The number of nitrogens with one attached hydrogen (secondary N) is 1. The van der Waals surface area contributed by atoms with Gasteiger partial charge in [0.05, 0.1) is 23.8 Å². The summed E-state index contributed by atoms with van der Waals surface area (Å²) in [6, 6.07) is 19.0. The van der Waals surface area contributed by atoms with Crippen molar-refractivity contribution in [2.24, 2.45) is 0 Å². The van der Waals surface area contributed by atoms with Crippen molar-refractivity contribution in [3.05, 3.63) is 104 Å². The van der Waals surface area contributed by atoms with Crippen LogP contribution in [-0.4, -0.2) is 34.5 Å². The lowest BCUT2D eigenvalue weighted by Gasteiger charge is -2.28. The lowest BCUT2D eigenvalue weighted by Crippen LogP contribution is -2.29. The van der Waals surface area contributed by atoms with Crippen LogP contribution in [0.5, 0.6) is 11.5 Å². The van der Waals surface area contributed by atoms with Crippen LogP contribution in [0, 0.1) is 6.92 Å². The fourth-order valence-electron chi connectivity index (χ4n) is 4.62. The number of aryl methyl sites for hydroxylation is 1. The molecule has 1 aliphatic rings. The number of ether oxygens (including phenoxy) is 3. The summed E-state index contributed by atoms with van der Waals surface area (Å²) in [5.41, 5.74) is 5.01. The molecule has 42 heavy (non-hydrogen) atoms. The van der Waals surface area contributed by atoms with Crippen molar-refractivity contribution in [3.8, 4) is 11.5 Å². The van der Waals surface area contributed by atoms with Gasteiger partial charge in [-0.2, -0.15) is 4.98 Å². The number of halogens is 2. The van der Waals surface area contributed by atoms with Crippen molar-refractivity contribution in [3.63, 3.8) is 0 Å². The third-order valence-electron chi connectivity index (χ3n) is 6.70. The Kier molecular flexibility index (Phi) is 9.45. The molecule has 5 rings (SSSR count). The predicted octanol–water partition coefficient (Wildman–Crippen LogP) is 7.73. The number of carbonyl (C=O) groups is 1. The first kappa shape index (κ1) is 30.0. The maximum Gasteiger partial charge on any atom is 0.338 e. The normalized spacial score (nSPS) is 14.3. The number of benzene rings is 3. The molecule has 0 radical (unpaired) electrons. The molecule has 1 aliphatic heterocycles. The zero-order chi connectivity index (χ0) is 29.8. The standard InChI is InChI=1S/C31H30BrClN4O4S/c1-5-40-25-15-22(14-23(32)28(25)41-16-20-12-10-18(2)11-13-20)27-26(29(38)39-4)19(3)34-30-35-31(36-37(27)30)42-17-21-8-6-7-9-24(21)33/h6-15,27H,5,16-17H2,1-4H3,(H,34,35,36). The van der Waals surface area contributed by atoms with Crippen molar-refractivity contribution >= 4 is 51.2 Å². The number of esters is 1. The number of thioether (sulfide) groups is 1. The Morgan fingerprint density at radius 3 is 2.60 bits per heavy atom. The first-order chi connectivity index (χ1) is 20.3. The zero-order valence-electron chi connectivity index (χ0n) is 23.6. The lowest BCUT2D eigenvalue weighted by atomic mass is 9.95. The molecule has 8 nitrogen and oxygen atoms in total. The number of allylic oxidation sites excluding steroid dienone is 1. The summed E-state index contributed by atoms with van der Waals surface area (Å²) in [6.45, 7) is 6.59. The van der Waals surface area contributed by atoms with Crippen LogP contribution in [-0.2, 0) is 21.9 Å². The van der Waals surface area contributed by atoms with E-state index in [0.717, 1.165) is 16.7 Å². The molecular weight excluding hydrogens is 640 g/mol. The van der Waals surface area contributed by atoms with E-state index in [9.17, 15) is 4.79 Å². The van der Waals surface area contributed by atoms with Gasteiger partial charge in [-0.1, -0.05) is 71.4 Å². The van der Waals surface area contributed by atoms with Crippen LogP contribution in [0.2, 0.25) is 5.02 Å². The minimum Gasteiger partial charge on any atom is -0.490 e. The molecule has 4 aromatic rings. The Balaban J connectivity index is 1.51. The second-order valence-electron chi connectivity index (χ2n) is 9.64. The fraction of sp³-hybridized carbons (Fsp3) is 0.258. The Labute approximate surface area is 262 Å². The third kappa shape index (κ3) is 6.45. The fourth-order valence-corrected chi connectivity index (χ4v) is 6.31. The van der Waals surface area contributed by atoms with Gasteiger partial charge in [-0.3, -0.25) is 0 Å². The third-order valence-corrected chi connectivity index (χ3v) is 8.55. The highest BCUT2D eigenvalue weighted by molar-refractivity contribution is 9.10. The quantitative estimate of drug-likeness (QED) is 0.136. The van der Waals surface area contributed by atoms with Gasteiger partial charge < -0.3 is 19.5 Å². The van der Waals surface area contributed by atoms with Gasteiger partial charge in [-0.15, -0.1) is 5.10 Å². The van der Waals surface area contributed by atoms with E-state index in [1.807, 2.05) is 69.3 Å². The van der Waals surface area contributed by atoms with Crippen LogP contribution in [0.4, 0.5) is 5.95 Å². The largest absolute Gasteiger partial charge is 0.490 e. The van der Waals surface area contributed by atoms with Gasteiger partial charge >= 0.3 is 5.97 Å². The van der Waals surface area contributed by atoms with Crippen molar-refractivity contribution in [2.45, 2.75) is 44.3 Å². The van der Waals surface area contributed by atoms with Crippen LogP contribution in [0.3, 0.4) is 0 Å². The molecule has 218 valence electrons. The molecule has 0 saturated heterocycles. The van der Waals surface area contributed by atoms with E-state index in [1.165, 1.54) is 24.4 Å². The first-order valence-electron chi connectivity index (χ1n) is 13.3. The molecule has 1 atom stereocenters. The number of fused-ring (bicyclic) bond motifs is 1. The summed E-state index contributed by atoms with van der Waals surface area (Å²) in [5, 5.41) is 9.26. The lowest BCUT2D eigenvalue weighted by molar-refractivity contribution is -0.136. The van der Waals surface area contributed by atoms with Gasteiger partial charge in [0, 0.05) is 16.5 Å². The Morgan fingerprint density at radius 1 is 1.12 bits per heavy atom. The number of aromatic nitrogens is 3. The van der Waals surface area contributed by atoms with Crippen LogP contribution in [0.1, 0.15) is 42.1 Å². The number of hydrogen-bond donors (Lipinski definition) is 1. The molecule has 0 amide bonds. The molecule has 1 N–H and O–H groups in total. The average molecular weight is 670 g/mol. The summed E-state index contributed by atoms with van der Waals surface area (Å²) < 4.78 is 19.8. The van der Waals surface area contributed by atoms with E-state index in [-0.39, 0.29) is 0 Å². The van der Waals surface area contributed by atoms with E-state index in [2.05, 4.69) is 33.4 Å². The van der Waals surface area contributed by atoms with Crippen LogP contribution in [0.15, 0.2) is 81.6 Å². The summed E-state index contributed by atoms with van der Waals surface area (Å²) >= 11 is 11.5. The zero-order valence-corrected chi connectivity index (χ0v) is 26.8. The molecule has 0 saturated carbocycles. The molecule has 0 spiro atoms. The summed E-state index contributed by atoms with van der Waals surface area (Å²) in [7, 11) is 1.37. The van der Waals surface area contributed by atoms with E-state index in [4.69, 9.17) is 35.9 Å². The topological polar surface area (TPSA) is 87.5 Å². The van der Waals surface area contributed by atoms with E-state index in [0.29, 0.717) is 62.3 Å². The van der Waals surface area contributed by atoms with Crippen LogP contribution in [0.25, 0.3) is 0 Å². The Bertz CT molecular complexity index is 1640. The molecule has 0 fully saturated rings. The van der Waals surface area contributed by atoms with Crippen molar-refractivity contribution in [1.29, 1.82) is 0 Å². The van der Waals surface area contributed by atoms with Crippen LogP contribution >= 0.6 is 39.3 Å². The number of nitrogens with zero attached hydrogens (tertiary/aromatic N) is 3. The maximum absolute atomic E-state index is 13.1. The predicted molar refractivity (Wildman–Crippen MR) is 168 cm³/mol. The summed E-state index contributed by atoms with van der Waals surface area (Å²) in [6.07, 6.45) is 0. The smallest absolute Gasteiger partial charge is 0.338 e. The second-order valence-corrected chi connectivity index (χ2v) is 11.8. The molecule has 0 aliphatic carbocycles. The number of carbonyl (C=O) groups excluding carboxylic acids is 1. The Morgan fingerprint density at radius 2 is 1.88 bits per heavy atom. The number of methoxy groups -OCH3 is 1.